The van der Waals surface area contributed by atoms with Crippen LogP contribution in [0.15, 0.2) is 0 Å². The third kappa shape index (κ3) is 4.30. The van der Waals surface area contributed by atoms with Gasteiger partial charge in [0.1, 0.15) is 0 Å². The Morgan fingerprint density at radius 3 is 2.47 bits per heavy atom. The van der Waals surface area contributed by atoms with Crippen LogP contribution in [0.2, 0.25) is 0 Å². The van der Waals surface area contributed by atoms with E-state index in [0.717, 1.165) is 6.42 Å². The molecule has 0 heterocycles. The highest BCUT2D eigenvalue weighted by Crippen LogP contribution is 2.08. The van der Waals surface area contributed by atoms with E-state index < -0.39 is 0 Å². The fourth-order valence-corrected chi connectivity index (χ4v) is 1.45. The summed E-state index contributed by atoms with van der Waals surface area (Å²) in [4.78, 5) is 13.6. The zero-order valence-corrected chi connectivity index (χ0v) is 9.86. The van der Waals surface area contributed by atoms with E-state index in [1.807, 2.05) is 20.8 Å². The molecule has 0 saturated carbocycles. The Balaban J connectivity index is 4.40. The summed E-state index contributed by atoms with van der Waals surface area (Å²) < 4.78 is 0. The molecular formula is C11H21N3O. The number of amides is 1. The zero-order chi connectivity index (χ0) is 11.8. The SMILES string of the molecule is CCC(CN)C(=O)N(CC)CC(C)C#N. The fourth-order valence-electron chi connectivity index (χ4n) is 1.45. The first-order chi connectivity index (χ1) is 7.10. The van der Waals surface area contributed by atoms with Gasteiger partial charge in [0.25, 0.3) is 0 Å². The Hall–Kier alpha value is -1.08. The van der Waals surface area contributed by atoms with Gasteiger partial charge in [-0.05, 0) is 20.3 Å². The summed E-state index contributed by atoms with van der Waals surface area (Å²) in [7, 11) is 0. The van der Waals surface area contributed by atoms with Crippen LogP contribution in [-0.4, -0.2) is 30.4 Å². The summed E-state index contributed by atoms with van der Waals surface area (Å²) in [5, 5.41) is 8.70. The van der Waals surface area contributed by atoms with E-state index in [2.05, 4.69) is 6.07 Å². The Kier molecular flexibility index (Phi) is 6.72. The van der Waals surface area contributed by atoms with Gasteiger partial charge in [0.05, 0.1) is 17.9 Å². The maximum absolute atomic E-state index is 11.9. The van der Waals surface area contributed by atoms with Gasteiger partial charge in [0.2, 0.25) is 5.91 Å². The van der Waals surface area contributed by atoms with Gasteiger partial charge in [-0.3, -0.25) is 4.79 Å². The summed E-state index contributed by atoms with van der Waals surface area (Å²) in [5.74, 6) is -0.148. The molecule has 0 saturated heterocycles. The molecule has 2 atom stereocenters. The second-order valence-corrected chi connectivity index (χ2v) is 3.75. The van der Waals surface area contributed by atoms with Crippen molar-refractivity contribution < 1.29 is 4.79 Å². The molecule has 0 aliphatic rings. The lowest BCUT2D eigenvalue weighted by Crippen LogP contribution is -2.40. The van der Waals surface area contributed by atoms with Crippen molar-refractivity contribution in [3.05, 3.63) is 0 Å². The van der Waals surface area contributed by atoms with Crippen LogP contribution >= 0.6 is 0 Å². The molecule has 0 rings (SSSR count). The van der Waals surface area contributed by atoms with Crippen molar-refractivity contribution in [2.45, 2.75) is 27.2 Å². The van der Waals surface area contributed by atoms with E-state index in [1.165, 1.54) is 0 Å². The Labute approximate surface area is 92.0 Å². The first-order valence-corrected chi connectivity index (χ1v) is 5.49. The van der Waals surface area contributed by atoms with Crippen LogP contribution in [0, 0.1) is 23.2 Å². The topological polar surface area (TPSA) is 70.1 Å². The summed E-state index contributed by atoms with van der Waals surface area (Å²) in [5.41, 5.74) is 5.53. The lowest BCUT2D eigenvalue weighted by atomic mass is 10.0. The van der Waals surface area contributed by atoms with E-state index in [4.69, 9.17) is 11.0 Å². The number of hydrogen-bond donors (Lipinski definition) is 1. The van der Waals surface area contributed by atoms with Crippen LogP contribution in [-0.2, 0) is 4.79 Å². The molecule has 1 amide bonds. The number of carbonyl (C=O) groups is 1. The molecule has 0 radical (unpaired) electrons. The number of nitriles is 1. The second-order valence-electron chi connectivity index (χ2n) is 3.75. The van der Waals surface area contributed by atoms with Gasteiger partial charge in [-0.1, -0.05) is 6.92 Å². The van der Waals surface area contributed by atoms with Crippen LogP contribution in [0.25, 0.3) is 0 Å². The molecule has 0 aromatic heterocycles. The largest absolute Gasteiger partial charge is 0.341 e. The van der Waals surface area contributed by atoms with E-state index in [9.17, 15) is 4.79 Å². The van der Waals surface area contributed by atoms with E-state index in [-0.39, 0.29) is 17.7 Å². The van der Waals surface area contributed by atoms with Gasteiger partial charge >= 0.3 is 0 Å². The zero-order valence-electron chi connectivity index (χ0n) is 9.86. The van der Waals surface area contributed by atoms with Crippen molar-refractivity contribution in [2.75, 3.05) is 19.6 Å². The minimum atomic E-state index is -0.121. The standard InChI is InChI=1S/C11H21N3O/c1-4-10(7-13)11(15)14(5-2)8-9(3)6-12/h9-10H,4-5,7-8,13H2,1-3H3. The fraction of sp³-hybridized carbons (Fsp3) is 0.818. The summed E-state index contributed by atoms with van der Waals surface area (Å²) in [6, 6.07) is 2.13. The monoisotopic (exact) mass is 211 g/mol. The first kappa shape index (κ1) is 13.9. The minimum absolute atomic E-state index is 0.0737. The normalized spacial score (nSPS) is 14.1. The van der Waals surface area contributed by atoms with Crippen molar-refractivity contribution in [2.24, 2.45) is 17.6 Å². The third-order valence-corrected chi connectivity index (χ3v) is 2.53. The van der Waals surface area contributed by atoms with Crippen molar-refractivity contribution in [3.63, 3.8) is 0 Å². The summed E-state index contributed by atoms with van der Waals surface area (Å²) in [6.07, 6.45) is 0.757. The highest BCUT2D eigenvalue weighted by atomic mass is 16.2. The van der Waals surface area contributed by atoms with Gasteiger partial charge in [-0.2, -0.15) is 5.26 Å². The highest BCUT2D eigenvalue weighted by Gasteiger charge is 2.21. The van der Waals surface area contributed by atoms with Crippen molar-refractivity contribution in [3.8, 4) is 6.07 Å². The third-order valence-electron chi connectivity index (χ3n) is 2.53. The number of rotatable bonds is 6. The van der Waals surface area contributed by atoms with Gasteiger partial charge in [-0.25, -0.2) is 0 Å². The Morgan fingerprint density at radius 1 is 1.53 bits per heavy atom. The molecule has 4 nitrogen and oxygen atoms in total. The predicted molar refractivity (Wildman–Crippen MR) is 59.9 cm³/mol. The lowest BCUT2D eigenvalue weighted by molar-refractivity contribution is -0.135. The van der Waals surface area contributed by atoms with E-state index in [0.29, 0.717) is 19.6 Å². The highest BCUT2D eigenvalue weighted by molar-refractivity contribution is 5.79. The lowest BCUT2D eigenvalue weighted by Gasteiger charge is -2.25. The van der Waals surface area contributed by atoms with Crippen LogP contribution in [0.4, 0.5) is 0 Å². The van der Waals surface area contributed by atoms with Crippen LogP contribution in [0.3, 0.4) is 0 Å². The average Bonchev–Trinajstić information content (AvgIpc) is 2.26. The smallest absolute Gasteiger partial charge is 0.226 e. The molecular weight excluding hydrogens is 190 g/mol. The Morgan fingerprint density at radius 2 is 2.13 bits per heavy atom. The van der Waals surface area contributed by atoms with Crippen LogP contribution in [0.1, 0.15) is 27.2 Å². The maximum Gasteiger partial charge on any atom is 0.226 e. The number of nitrogens with zero attached hydrogens (tertiary/aromatic N) is 2. The molecule has 0 spiro atoms. The first-order valence-electron chi connectivity index (χ1n) is 5.49. The average molecular weight is 211 g/mol. The quantitative estimate of drug-likeness (QED) is 0.712. The molecule has 86 valence electrons. The van der Waals surface area contributed by atoms with Crippen molar-refractivity contribution >= 4 is 5.91 Å². The molecule has 0 aliphatic carbocycles. The molecule has 0 fully saturated rings. The molecule has 0 aliphatic heterocycles. The molecule has 0 aromatic rings. The minimum Gasteiger partial charge on any atom is -0.341 e. The van der Waals surface area contributed by atoms with E-state index in [1.54, 1.807) is 4.90 Å². The van der Waals surface area contributed by atoms with Gasteiger partial charge in [0, 0.05) is 19.6 Å². The van der Waals surface area contributed by atoms with Crippen LogP contribution in [0.5, 0.6) is 0 Å². The number of carbonyl (C=O) groups excluding carboxylic acids is 1. The Bertz CT molecular complexity index is 230. The van der Waals surface area contributed by atoms with Gasteiger partial charge in [-0.15, -0.1) is 0 Å². The van der Waals surface area contributed by atoms with E-state index >= 15 is 0 Å². The summed E-state index contributed by atoms with van der Waals surface area (Å²) >= 11 is 0. The molecule has 15 heavy (non-hydrogen) atoms. The van der Waals surface area contributed by atoms with Crippen molar-refractivity contribution in [1.82, 2.24) is 4.90 Å². The molecule has 4 heteroatoms. The van der Waals surface area contributed by atoms with Gasteiger partial charge < -0.3 is 10.6 Å². The van der Waals surface area contributed by atoms with Gasteiger partial charge in [0.15, 0.2) is 0 Å². The number of nitrogens with two attached hydrogens (primary N) is 1. The number of hydrogen-bond acceptors (Lipinski definition) is 3. The molecule has 0 bridgehead atoms. The van der Waals surface area contributed by atoms with Crippen LogP contribution < -0.4 is 5.73 Å². The van der Waals surface area contributed by atoms with Crippen molar-refractivity contribution in [1.29, 1.82) is 5.26 Å². The predicted octanol–water partition coefficient (Wildman–Crippen LogP) is 0.979. The molecule has 2 unspecified atom stereocenters. The maximum atomic E-state index is 11.9. The second kappa shape index (κ2) is 7.24. The molecule has 2 N–H and O–H groups in total. The molecule has 0 aromatic carbocycles. The summed E-state index contributed by atoms with van der Waals surface area (Å²) in [6.45, 7) is 7.22.